The molecule has 1 aromatic rings. The molecule has 0 aliphatic carbocycles. The first kappa shape index (κ1) is 16.5. The van der Waals surface area contributed by atoms with Gasteiger partial charge in [0, 0.05) is 18.7 Å². The minimum atomic E-state index is 0.593. The number of halogens is 1. The number of nitrogens with one attached hydrogen (secondary N) is 1. The second-order valence-electron chi connectivity index (χ2n) is 5.12. The summed E-state index contributed by atoms with van der Waals surface area (Å²) in [5.41, 5.74) is 1.25. The normalized spacial score (nSPS) is 14.3. The quantitative estimate of drug-likeness (QED) is 0.745. The predicted molar refractivity (Wildman–Crippen MR) is 82.8 cm³/mol. The predicted octanol–water partition coefficient (Wildman–Crippen LogP) is 3.78. The van der Waals surface area contributed by atoms with E-state index in [0.29, 0.717) is 11.8 Å². The number of ether oxygens (including phenoxy) is 1. The molecule has 0 spiro atoms. The van der Waals surface area contributed by atoms with Crippen molar-refractivity contribution in [2.24, 2.45) is 11.8 Å². The zero-order chi connectivity index (χ0) is 14.1. The molecule has 0 radical (unpaired) electrons. The van der Waals surface area contributed by atoms with Gasteiger partial charge in [0.1, 0.15) is 0 Å². The molecule has 19 heavy (non-hydrogen) atoms. The molecule has 0 heterocycles. The van der Waals surface area contributed by atoms with Gasteiger partial charge in [-0.15, -0.1) is 0 Å². The average Bonchev–Trinajstić information content (AvgIpc) is 2.42. The Hall–Kier alpha value is -0.570. The first-order valence-corrected chi connectivity index (χ1v) is 7.49. The Morgan fingerprint density at radius 3 is 2.68 bits per heavy atom. The fourth-order valence-electron chi connectivity index (χ4n) is 2.29. The second-order valence-corrected chi connectivity index (χ2v) is 5.53. The molecule has 3 heteroatoms. The average molecular weight is 284 g/mol. The van der Waals surface area contributed by atoms with Crippen molar-refractivity contribution < 1.29 is 4.74 Å². The summed E-state index contributed by atoms with van der Waals surface area (Å²) in [5.74, 6) is 1.21. The first-order chi connectivity index (χ1) is 9.19. The first-order valence-electron chi connectivity index (χ1n) is 7.12. The van der Waals surface area contributed by atoms with E-state index in [1.54, 1.807) is 7.11 Å². The third kappa shape index (κ3) is 5.94. The van der Waals surface area contributed by atoms with Gasteiger partial charge in [-0.1, -0.05) is 43.6 Å². The molecule has 1 rings (SSSR count). The number of benzene rings is 1. The monoisotopic (exact) mass is 283 g/mol. The van der Waals surface area contributed by atoms with Crippen LogP contribution < -0.4 is 5.32 Å². The van der Waals surface area contributed by atoms with Crippen LogP contribution >= 0.6 is 11.6 Å². The van der Waals surface area contributed by atoms with Crippen LogP contribution in [0.2, 0.25) is 5.02 Å². The van der Waals surface area contributed by atoms with Crippen molar-refractivity contribution in [2.75, 3.05) is 26.8 Å². The molecule has 0 fully saturated rings. The van der Waals surface area contributed by atoms with Gasteiger partial charge < -0.3 is 10.1 Å². The fourth-order valence-corrected chi connectivity index (χ4v) is 2.50. The molecule has 108 valence electrons. The van der Waals surface area contributed by atoms with E-state index in [-0.39, 0.29) is 0 Å². The van der Waals surface area contributed by atoms with Crippen molar-refractivity contribution in [3.63, 3.8) is 0 Å². The van der Waals surface area contributed by atoms with Crippen molar-refractivity contribution in [3.8, 4) is 0 Å². The maximum absolute atomic E-state index is 6.27. The van der Waals surface area contributed by atoms with Gasteiger partial charge in [-0.3, -0.25) is 0 Å². The van der Waals surface area contributed by atoms with Gasteiger partial charge in [0.15, 0.2) is 0 Å². The highest BCUT2D eigenvalue weighted by Crippen LogP contribution is 2.24. The lowest BCUT2D eigenvalue weighted by Gasteiger charge is -2.24. The molecule has 0 saturated carbocycles. The number of methoxy groups -OCH3 is 1. The van der Waals surface area contributed by atoms with E-state index in [1.807, 2.05) is 12.1 Å². The number of rotatable bonds is 9. The Kier molecular flexibility index (Phi) is 8.11. The van der Waals surface area contributed by atoms with Gasteiger partial charge in [-0.05, 0) is 49.4 Å². The molecular weight excluding hydrogens is 258 g/mol. The van der Waals surface area contributed by atoms with E-state index in [4.69, 9.17) is 16.3 Å². The van der Waals surface area contributed by atoms with E-state index in [2.05, 4.69) is 31.3 Å². The van der Waals surface area contributed by atoms with Crippen molar-refractivity contribution in [1.82, 2.24) is 5.32 Å². The zero-order valence-corrected chi connectivity index (χ0v) is 13.0. The van der Waals surface area contributed by atoms with Crippen LogP contribution in [-0.4, -0.2) is 26.8 Å². The Morgan fingerprint density at radius 2 is 2.05 bits per heavy atom. The zero-order valence-electron chi connectivity index (χ0n) is 12.3. The van der Waals surface area contributed by atoms with Crippen LogP contribution in [0.25, 0.3) is 0 Å². The third-order valence-corrected chi connectivity index (χ3v) is 4.05. The molecule has 0 aromatic heterocycles. The van der Waals surface area contributed by atoms with Crippen LogP contribution in [0.1, 0.15) is 25.8 Å². The molecule has 0 saturated heterocycles. The lowest BCUT2D eigenvalue weighted by atomic mass is 9.86. The molecule has 1 aromatic carbocycles. The summed E-state index contributed by atoms with van der Waals surface area (Å²) in [5, 5.41) is 4.34. The largest absolute Gasteiger partial charge is 0.385 e. The number of hydrogen-bond acceptors (Lipinski definition) is 2. The SMILES string of the molecule is CCNCC(Cc1ccccc1Cl)C(C)CCOC. The Labute approximate surface area is 122 Å². The standard InChI is InChI=1S/C16H26ClNO/c1-4-18-12-15(13(2)9-10-19-3)11-14-7-5-6-8-16(14)17/h5-8,13,15,18H,4,9-12H2,1-3H3. The maximum Gasteiger partial charge on any atom is 0.0464 e. The van der Waals surface area contributed by atoms with Gasteiger partial charge in [-0.25, -0.2) is 0 Å². The lowest BCUT2D eigenvalue weighted by molar-refractivity contribution is 0.164. The minimum absolute atomic E-state index is 0.593. The van der Waals surface area contributed by atoms with Crippen molar-refractivity contribution in [1.29, 1.82) is 0 Å². The van der Waals surface area contributed by atoms with Crippen LogP contribution in [0.5, 0.6) is 0 Å². The molecule has 1 N–H and O–H groups in total. The lowest BCUT2D eigenvalue weighted by Crippen LogP contribution is -2.29. The smallest absolute Gasteiger partial charge is 0.0464 e. The molecule has 0 amide bonds. The van der Waals surface area contributed by atoms with Crippen LogP contribution in [0.15, 0.2) is 24.3 Å². The fraction of sp³-hybridized carbons (Fsp3) is 0.625. The van der Waals surface area contributed by atoms with Crippen LogP contribution in [0.3, 0.4) is 0 Å². The van der Waals surface area contributed by atoms with E-state index in [9.17, 15) is 0 Å². The molecular formula is C16H26ClNO. The van der Waals surface area contributed by atoms with Gasteiger partial charge in [0.2, 0.25) is 0 Å². The number of hydrogen-bond donors (Lipinski definition) is 1. The van der Waals surface area contributed by atoms with Gasteiger partial charge in [0.05, 0.1) is 0 Å². The van der Waals surface area contributed by atoms with Gasteiger partial charge in [-0.2, -0.15) is 0 Å². The Bertz CT molecular complexity index is 356. The van der Waals surface area contributed by atoms with Crippen molar-refractivity contribution >= 4 is 11.6 Å². The molecule has 0 aliphatic rings. The minimum Gasteiger partial charge on any atom is -0.385 e. The van der Waals surface area contributed by atoms with E-state index in [1.165, 1.54) is 5.56 Å². The third-order valence-electron chi connectivity index (χ3n) is 3.68. The highest BCUT2D eigenvalue weighted by atomic mass is 35.5. The van der Waals surface area contributed by atoms with Crippen molar-refractivity contribution in [2.45, 2.75) is 26.7 Å². The summed E-state index contributed by atoms with van der Waals surface area (Å²) in [6.45, 7) is 7.32. The summed E-state index contributed by atoms with van der Waals surface area (Å²) in [4.78, 5) is 0. The molecule has 2 nitrogen and oxygen atoms in total. The second kappa shape index (κ2) is 9.35. The van der Waals surface area contributed by atoms with Crippen molar-refractivity contribution in [3.05, 3.63) is 34.9 Å². The maximum atomic E-state index is 6.27. The van der Waals surface area contributed by atoms with E-state index >= 15 is 0 Å². The molecule has 2 unspecified atom stereocenters. The van der Waals surface area contributed by atoms with Gasteiger partial charge >= 0.3 is 0 Å². The summed E-state index contributed by atoms with van der Waals surface area (Å²) >= 11 is 6.27. The Balaban J connectivity index is 2.65. The molecule has 0 bridgehead atoms. The summed E-state index contributed by atoms with van der Waals surface area (Å²) < 4.78 is 5.19. The summed E-state index contributed by atoms with van der Waals surface area (Å²) in [6.07, 6.45) is 2.12. The highest BCUT2D eigenvalue weighted by Gasteiger charge is 2.18. The molecule has 0 aliphatic heterocycles. The van der Waals surface area contributed by atoms with E-state index in [0.717, 1.165) is 37.6 Å². The highest BCUT2D eigenvalue weighted by molar-refractivity contribution is 6.31. The van der Waals surface area contributed by atoms with Gasteiger partial charge in [0.25, 0.3) is 0 Å². The summed E-state index contributed by atoms with van der Waals surface area (Å²) in [7, 11) is 1.76. The van der Waals surface area contributed by atoms with Crippen LogP contribution in [-0.2, 0) is 11.2 Å². The Morgan fingerprint density at radius 1 is 1.32 bits per heavy atom. The summed E-state index contributed by atoms with van der Waals surface area (Å²) in [6, 6.07) is 8.15. The van der Waals surface area contributed by atoms with Crippen LogP contribution in [0.4, 0.5) is 0 Å². The van der Waals surface area contributed by atoms with Crippen LogP contribution in [0, 0.1) is 11.8 Å². The topological polar surface area (TPSA) is 21.3 Å². The van der Waals surface area contributed by atoms with E-state index < -0.39 is 0 Å². The molecule has 2 atom stereocenters.